The molecule has 6 nitrogen and oxygen atoms in total. The second-order valence-electron chi connectivity index (χ2n) is 2.86. The first kappa shape index (κ1) is 9.85. The summed E-state index contributed by atoms with van der Waals surface area (Å²) in [6.45, 7) is 0.0542. The van der Waals surface area contributed by atoms with Crippen molar-refractivity contribution in [3.63, 3.8) is 0 Å². The van der Waals surface area contributed by atoms with Crippen LogP contribution in [0.25, 0.3) is 0 Å². The fourth-order valence-corrected chi connectivity index (χ4v) is 1.18. The third-order valence-electron chi connectivity index (χ3n) is 2.01. The van der Waals surface area contributed by atoms with Crippen LogP contribution in [-0.2, 0) is 4.74 Å². The standard InChI is InChI=1S/C6H14N2O4/c7-1-2-4(9)3(8)5(10)6(11)12-2/h2-6,9-11H,1,7-8H2/t2-,3-,4-,5+,6+/m1/s1. The maximum atomic E-state index is 9.32. The number of rotatable bonds is 1. The molecule has 0 unspecified atom stereocenters. The second kappa shape index (κ2) is 3.65. The van der Waals surface area contributed by atoms with Crippen LogP contribution in [0.5, 0.6) is 0 Å². The number of ether oxygens (including phenoxy) is 1. The highest BCUT2D eigenvalue weighted by molar-refractivity contribution is 4.91. The van der Waals surface area contributed by atoms with Crippen LogP contribution in [0.1, 0.15) is 0 Å². The van der Waals surface area contributed by atoms with Crippen molar-refractivity contribution < 1.29 is 20.1 Å². The minimum Gasteiger partial charge on any atom is -0.389 e. The third kappa shape index (κ3) is 1.58. The molecule has 7 N–H and O–H groups in total. The number of hydrogen-bond donors (Lipinski definition) is 5. The zero-order valence-electron chi connectivity index (χ0n) is 6.50. The van der Waals surface area contributed by atoms with Crippen molar-refractivity contribution in [3.8, 4) is 0 Å². The first-order valence-corrected chi connectivity index (χ1v) is 3.73. The van der Waals surface area contributed by atoms with Crippen molar-refractivity contribution in [2.45, 2.75) is 30.6 Å². The van der Waals surface area contributed by atoms with Gasteiger partial charge in [-0.05, 0) is 0 Å². The largest absolute Gasteiger partial charge is 0.389 e. The van der Waals surface area contributed by atoms with E-state index < -0.39 is 30.6 Å². The van der Waals surface area contributed by atoms with Crippen molar-refractivity contribution in [3.05, 3.63) is 0 Å². The van der Waals surface area contributed by atoms with Crippen LogP contribution in [0.15, 0.2) is 0 Å². The molecule has 0 aromatic carbocycles. The summed E-state index contributed by atoms with van der Waals surface area (Å²) in [5.41, 5.74) is 10.6. The lowest BCUT2D eigenvalue weighted by atomic mass is 9.97. The second-order valence-corrected chi connectivity index (χ2v) is 2.86. The minimum atomic E-state index is -1.36. The zero-order chi connectivity index (χ0) is 9.30. The van der Waals surface area contributed by atoms with Crippen LogP contribution in [0.4, 0.5) is 0 Å². The summed E-state index contributed by atoms with van der Waals surface area (Å²) in [6, 6.07) is -0.915. The SMILES string of the molecule is NC[C@H]1O[C@H](O)[C@@H](O)[C@H](N)[C@@H]1O. The fraction of sp³-hybridized carbons (Fsp3) is 1.00. The maximum Gasteiger partial charge on any atom is 0.182 e. The topological polar surface area (TPSA) is 122 Å². The highest BCUT2D eigenvalue weighted by Gasteiger charge is 2.40. The van der Waals surface area contributed by atoms with Gasteiger partial charge in [0.05, 0.1) is 12.1 Å². The van der Waals surface area contributed by atoms with Gasteiger partial charge >= 0.3 is 0 Å². The molecule has 1 saturated heterocycles. The molecule has 0 aliphatic carbocycles. The molecule has 0 amide bonds. The minimum absolute atomic E-state index is 0.0542. The van der Waals surface area contributed by atoms with Crippen molar-refractivity contribution >= 4 is 0 Å². The van der Waals surface area contributed by atoms with Crippen molar-refractivity contribution in [2.75, 3.05) is 6.54 Å². The molecule has 0 aromatic heterocycles. The van der Waals surface area contributed by atoms with Crippen molar-refractivity contribution in [2.24, 2.45) is 11.5 Å². The molecule has 5 atom stereocenters. The molecule has 12 heavy (non-hydrogen) atoms. The van der Waals surface area contributed by atoms with Gasteiger partial charge in [0.1, 0.15) is 12.2 Å². The Hall–Kier alpha value is -0.240. The van der Waals surface area contributed by atoms with Gasteiger partial charge in [0.25, 0.3) is 0 Å². The Balaban J connectivity index is 2.63. The average molecular weight is 178 g/mol. The van der Waals surface area contributed by atoms with Gasteiger partial charge in [-0.15, -0.1) is 0 Å². The number of nitrogens with two attached hydrogens (primary N) is 2. The molecular weight excluding hydrogens is 164 g/mol. The van der Waals surface area contributed by atoms with Gasteiger partial charge in [-0.25, -0.2) is 0 Å². The van der Waals surface area contributed by atoms with Crippen molar-refractivity contribution in [1.82, 2.24) is 0 Å². The molecule has 1 aliphatic rings. The van der Waals surface area contributed by atoms with E-state index in [1.165, 1.54) is 0 Å². The highest BCUT2D eigenvalue weighted by atomic mass is 16.6. The van der Waals surface area contributed by atoms with Gasteiger partial charge < -0.3 is 31.5 Å². The Kier molecular flexibility index (Phi) is 2.99. The molecule has 0 bridgehead atoms. The first-order chi connectivity index (χ1) is 5.57. The Labute approximate surface area is 69.7 Å². The monoisotopic (exact) mass is 178 g/mol. The summed E-state index contributed by atoms with van der Waals surface area (Å²) in [6.07, 6.45) is -4.37. The van der Waals surface area contributed by atoms with Gasteiger partial charge in [0.2, 0.25) is 0 Å². The first-order valence-electron chi connectivity index (χ1n) is 3.73. The lowest BCUT2D eigenvalue weighted by Crippen LogP contribution is -2.62. The third-order valence-corrected chi connectivity index (χ3v) is 2.01. The lowest BCUT2D eigenvalue weighted by Gasteiger charge is -2.38. The molecule has 0 aromatic rings. The average Bonchev–Trinajstić information content (AvgIpc) is 2.08. The molecule has 0 spiro atoms. The normalized spacial score (nSPS) is 49.2. The summed E-state index contributed by atoms with van der Waals surface area (Å²) < 4.78 is 4.78. The number of aliphatic hydroxyl groups is 3. The maximum absolute atomic E-state index is 9.32. The number of aliphatic hydroxyl groups excluding tert-OH is 3. The predicted octanol–water partition coefficient (Wildman–Crippen LogP) is -3.29. The van der Waals surface area contributed by atoms with E-state index in [0.29, 0.717) is 0 Å². The van der Waals surface area contributed by atoms with E-state index >= 15 is 0 Å². The van der Waals surface area contributed by atoms with Crippen LogP contribution in [0.2, 0.25) is 0 Å². The summed E-state index contributed by atoms with van der Waals surface area (Å²) in [4.78, 5) is 0. The van der Waals surface area contributed by atoms with Crippen LogP contribution in [0.3, 0.4) is 0 Å². The van der Waals surface area contributed by atoms with E-state index in [4.69, 9.17) is 26.4 Å². The molecular formula is C6H14N2O4. The fourth-order valence-electron chi connectivity index (χ4n) is 1.18. The molecule has 0 saturated carbocycles. The number of hydrogen-bond acceptors (Lipinski definition) is 6. The summed E-state index contributed by atoms with van der Waals surface area (Å²) in [5, 5.41) is 27.5. The molecule has 1 rings (SSSR count). The Morgan fingerprint density at radius 1 is 1.17 bits per heavy atom. The van der Waals surface area contributed by atoms with Gasteiger partial charge in [-0.3, -0.25) is 0 Å². The Morgan fingerprint density at radius 3 is 2.25 bits per heavy atom. The van der Waals surface area contributed by atoms with Gasteiger partial charge in [-0.2, -0.15) is 0 Å². The quantitative estimate of drug-likeness (QED) is 0.287. The van der Waals surface area contributed by atoms with Crippen LogP contribution in [-0.4, -0.2) is 52.5 Å². The van der Waals surface area contributed by atoms with Gasteiger partial charge in [0, 0.05) is 6.54 Å². The molecule has 72 valence electrons. The summed E-state index contributed by atoms with van der Waals surface area (Å²) >= 11 is 0. The molecule has 6 heteroatoms. The smallest absolute Gasteiger partial charge is 0.182 e. The Bertz CT molecular complexity index is 152. The predicted molar refractivity (Wildman–Crippen MR) is 39.9 cm³/mol. The van der Waals surface area contributed by atoms with Gasteiger partial charge in [0.15, 0.2) is 6.29 Å². The van der Waals surface area contributed by atoms with E-state index in [1.54, 1.807) is 0 Å². The lowest BCUT2D eigenvalue weighted by molar-refractivity contribution is -0.249. The molecule has 1 aliphatic heterocycles. The van der Waals surface area contributed by atoms with E-state index in [9.17, 15) is 5.11 Å². The highest BCUT2D eigenvalue weighted by Crippen LogP contribution is 2.17. The molecule has 0 radical (unpaired) electrons. The van der Waals surface area contributed by atoms with E-state index in [1.807, 2.05) is 0 Å². The van der Waals surface area contributed by atoms with E-state index in [2.05, 4.69) is 0 Å². The van der Waals surface area contributed by atoms with Crippen LogP contribution in [0, 0.1) is 0 Å². The van der Waals surface area contributed by atoms with Crippen LogP contribution >= 0.6 is 0 Å². The summed E-state index contributed by atoms with van der Waals surface area (Å²) in [7, 11) is 0. The zero-order valence-corrected chi connectivity index (χ0v) is 6.50. The van der Waals surface area contributed by atoms with E-state index in [-0.39, 0.29) is 6.54 Å². The summed E-state index contributed by atoms with van der Waals surface area (Å²) in [5.74, 6) is 0. The van der Waals surface area contributed by atoms with Gasteiger partial charge in [-0.1, -0.05) is 0 Å². The molecule has 1 heterocycles. The Morgan fingerprint density at radius 2 is 1.75 bits per heavy atom. The van der Waals surface area contributed by atoms with Crippen LogP contribution < -0.4 is 11.5 Å². The van der Waals surface area contributed by atoms with Crippen molar-refractivity contribution in [1.29, 1.82) is 0 Å². The molecule has 1 fully saturated rings. The van der Waals surface area contributed by atoms with E-state index in [0.717, 1.165) is 0 Å².